The third-order valence-corrected chi connectivity index (χ3v) is 3.32. The third kappa shape index (κ3) is 3.65. The molecule has 88 valence electrons. The monoisotopic (exact) mass is 323 g/mol. The van der Waals surface area contributed by atoms with E-state index in [0.29, 0.717) is 10.0 Å². The summed E-state index contributed by atoms with van der Waals surface area (Å²) in [6.45, 7) is 3.67. The Labute approximate surface area is 113 Å². The van der Waals surface area contributed by atoms with E-state index in [4.69, 9.17) is 23.2 Å². The zero-order chi connectivity index (χ0) is 12.3. The minimum atomic E-state index is -0.210. The van der Waals surface area contributed by atoms with E-state index < -0.39 is 0 Å². The number of carbonyl (C=O) groups excluding carboxylic acids is 1. The lowest BCUT2D eigenvalue weighted by Crippen LogP contribution is -2.31. The molecule has 5 heteroatoms. The second-order valence-electron chi connectivity index (χ2n) is 3.52. The molecule has 1 N–H and O–H groups in total. The summed E-state index contributed by atoms with van der Waals surface area (Å²) in [6.07, 6.45) is 0. The van der Waals surface area contributed by atoms with E-state index in [1.54, 1.807) is 19.1 Å². The van der Waals surface area contributed by atoms with Crippen LogP contribution in [0.15, 0.2) is 18.2 Å². The molecule has 1 aromatic rings. The van der Waals surface area contributed by atoms with Crippen LogP contribution in [0.5, 0.6) is 0 Å². The van der Waals surface area contributed by atoms with Crippen LogP contribution in [0, 0.1) is 0 Å². The lowest BCUT2D eigenvalue weighted by atomic mass is 10.1. The summed E-state index contributed by atoms with van der Waals surface area (Å²) < 4.78 is 0. The molecule has 1 amide bonds. The van der Waals surface area contributed by atoms with Gasteiger partial charge in [0.1, 0.15) is 0 Å². The molecule has 2 atom stereocenters. The SMILES string of the molecule is CC(Br)C(=O)NC(C)c1ccc(Cl)c(Cl)c1. The van der Waals surface area contributed by atoms with Crippen LogP contribution in [0.25, 0.3) is 0 Å². The molecule has 2 unspecified atom stereocenters. The highest BCUT2D eigenvalue weighted by Crippen LogP contribution is 2.25. The maximum Gasteiger partial charge on any atom is 0.233 e. The summed E-state index contributed by atoms with van der Waals surface area (Å²) in [5.74, 6) is -0.0569. The summed E-state index contributed by atoms with van der Waals surface area (Å²) >= 11 is 14.9. The van der Waals surface area contributed by atoms with Gasteiger partial charge in [-0.15, -0.1) is 0 Å². The molecular weight excluding hydrogens is 313 g/mol. The number of nitrogens with one attached hydrogen (secondary N) is 1. The molecule has 0 aliphatic carbocycles. The van der Waals surface area contributed by atoms with Crippen LogP contribution >= 0.6 is 39.1 Å². The zero-order valence-corrected chi connectivity index (χ0v) is 12.0. The molecule has 1 rings (SSSR count). The molecule has 0 saturated carbocycles. The first-order valence-corrected chi connectivity index (χ1v) is 6.48. The smallest absolute Gasteiger partial charge is 0.233 e. The Kier molecular flexibility index (Phi) is 5.09. The lowest BCUT2D eigenvalue weighted by molar-refractivity contribution is -0.120. The standard InChI is InChI=1S/C11H12BrCl2NO/c1-6(12)11(16)15-7(2)8-3-4-9(13)10(14)5-8/h3-7H,1-2H3,(H,15,16). The van der Waals surface area contributed by atoms with Gasteiger partial charge >= 0.3 is 0 Å². The van der Waals surface area contributed by atoms with Gasteiger partial charge in [-0.2, -0.15) is 0 Å². The number of carbonyl (C=O) groups is 1. The van der Waals surface area contributed by atoms with E-state index in [9.17, 15) is 4.79 Å². The van der Waals surface area contributed by atoms with Crippen LogP contribution in [0.3, 0.4) is 0 Å². The Morgan fingerprint density at radius 3 is 2.44 bits per heavy atom. The molecule has 0 aliphatic rings. The van der Waals surface area contributed by atoms with Crippen molar-refractivity contribution < 1.29 is 4.79 Å². The van der Waals surface area contributed by atoms with E-state index in [2.05, 4.69) is 21.2 Å². The lowest BCUT2D eigenvalue weighted by Gasteiger charge is -2.15. The van der Waals surface area contributed by atoms with Crippen LogP contribution in [0.4, 0.5) is 0 Å². The van der Waals surface area contributed by atoms with Crippen molar-refractivity contribution in [1.82, 2.24) is 5.32 Å². The van der Waals surface area contributed by atoms with Crippen molar-refractivity contribution in [3.05, 3.63) is 33.8 Å². The number of benzene rings is 1. The fourth-order valence-electron chi connectivity index (χ4n) is 1.19. The summed E-state index contributed by atoms with van der Waals surface area (Å²) in [6, 6.07) is 5.23. The van der Waals surface area contributed by atoms with E-state index in [0.717, 1.165) is 5.56 Å². The van der Waals surface area contributed by atoms with Crippen molar-refractivity contribution in [2.24, 2.45) is 0 Å². The van der Waals surface area contributed by atoms with Crippen molar-refractivity contribution >= 4 is 45.0 Å². The molecular formula is C11H12BrCl2NO. The van der Waals surface area contributed by atoms with Crippen molar-refractivity contribution in [2.45, 2.75) is 24.7 Å². The number of hydrogen-bond donors (Lipinski definition) is 1. The van der Waals surface area contributed by atoms with E-state index >= 15 is 0 Å². The second-order valence-corrected chi connectivity index (χ2v) is 5.71. The molecule has 16 heavy (non-hydrogen) atoms. The second kappa shape index (κ2) is 5.89. The highest BCUT2D eigenvalue weighted by Gasteiger charge is 2.14. The average Bonchev–Trinajstić information content (AvgIpc) is 2.21. The minimum absolute atomic E-state index is 0.0569. The van der Waals surface area contributed by atoms with Gasteiger partial charge in [0.2, 0.25) is 5.91 Å². The highest BCUT2D eigenvalue weighted by atomic mass is 79.9. The van der Waals surface area contributed by atoms with Crippen LogP contribution < -0.4 is 5.32 Å². The molecule has 0 radical (unpaired) electrons. The molecule has 0 saturated heterocycles. The van der Waals surface area contributed by atoms with Gasteiger partial charge in [-0.3, -0.25) is 4.79 Å². The molecule has 1 aromatic carbocycles. The molecule has 0 fully saturated rings. The molecule has 0 heterocycles. The minimum Gasteiger partial charge on any atom is -0.349 e. The molecule has 2 nitrogen and oxygen atoms in total. The maximum atomic E-state index is 11.5. The van der Waals surface area contributed by atoms with E-state index in [1.807, 2.05) is 13.0 Å². The Morgan fingerprint density at radius 1 is 1.31 bits per heavy atom. The largest absolute Gasteiger partial charge is 0.349 e. The van der Waals surface area contributed by atoms with E-state index in [1.165, 1.54) is 0 Å². The normalized spacial score (nSPS) is 14.3. The fourth-order valence-corrected chi connectivity index (χ4v) is 1.63. The van der Waals surface area contributed by atoms with Crippen LogP contribution in [-0.4, -0.2) is 10.7 Å². The Hall–Kier alpha value is -0.250. The van der Waals surface area contributed by atoms with Crippen molar-refractivity contribution in [2.75, 3.05) is 0 Å². The van der Waals surface area contributed by atoms with Crippen LogP contribution in [0.2, 0.25) is 10.0 Å². The van der Waals surface area contributed by atoms with Gasteiger partial charge in [-0.05, 0) is 31.5 Å². The third-order valence-electron chi connectivity index (χ3n) is 2.16. The van der Waals surface area contributed by atoms with Gasteiger partial charge in [0.25, 0.3) is 0 Å². The Morgan fingerprint density at radius 2 is 1.94 bits per heavy atom. The predicted molar refractivity (Wildman–Crippen MR) is 71.4 cm³/mol. The molecule has 0 bridgehead atoms. The quantitative estimate of drug-likeness (QED) is 0.838. The number of halogens is 3. The summed E-state index contributed by atoms with van der Waals surface area (Å²) in [5, 5.41) is 3.86. The average molecular weight is 325 g/mol. The van der Waals surface area contributed by atoms with Crippen LogP contribution in [-0.2, 0) is 4.79 Å². The number of rotatable bonds is 3. The number of alkyl halides is 1. The van der Waals surface area contributed by atoms with Gasteiger partial charge in [0, 0.05) is 0 Å². The van der Waals surface area contributed by atoms with Crippen molar-refractivity contribution in [1.29, 1.82) is 0 Å². The van der Waals surface area contributed by atoms with Gasteiger partial charge in [0.05, 0.1) is 20.9 Å². The number of amides is 1. The maximum absolute atomic E-state index is 11.5. The Balaban J connectivity index is 2.77. The molecule has 0 spiro atoms. The van der Waals surface area contributed by atoms with Crippen molar-refractivity contribution in [3.8, 4) is 0 Å². The first kappa shape index (κ1) is 13.8. The summed E-state index contributed by atoms with van der Waals surface area (Å²) in [5.41, 5.74) is 0.927. The first-order valence-electron chi connectivity index (χ1n) is 4.81. The molecule has 0 aliphatic heterocycles. The summed E-state index contributed by atoms with van der Waals surface area (Å²) in [4.78, 5) is 11.3. The van der Waals surface area contributed by atoms with Gasteiger partial charge < -0.3 is 5.32 Å². The van der Waals surface area contributed by atoms with Crippen LogP contribution in [0.1, 0.15) is 25.5 Å². The van der Waals surface area contributed by atoms with Gasteiger partial charge in [-0.1, -0.05) is 45.2 Å². The summed E-state index contributed by atoms with van der Waals surface area (Å²) in [7, 11) is 0. The fraction of sp³-hybridized carbons (Fsp3) is 0.364. The Bertz CT molecular complexity index is 396. The van der Waals surface area contributed by atoms with Gasteiger partial charge in [-0.25, -0.2) is 0 Å². The van der Waals surface area contributed by atoms with E-state index in [-0.39, 0.29) is 16.8 Å². The van der Waals surface area contributed by atoms with Gasteiger partial charge in [0.15, 0.2) is 0 Å². The highest BCUT2D eigenvalue weighted by molar-refractivity contribution is 9.10. The number of hydrogen-bond acceptors (Lipinski definition) is 1. The molecule has 0 aromatic heterocycles. The topological polar surface area (TPSA) is 29.1 Å². The predicted octanol–water partition coefficient (Wildman–Crippen LogP) is 3.95. The zero-order valence-electron chi connectivity index (χ0n) is 8.93. The first-order chi connectivity index (χ1) is 7.41. The van der Waals surface area contributed by atoms with Crippen molar-refractivity contribution in [3.63, 3.8) is 0 Å².